The summed E-state index contributed by atoms with van der Waals surface area (Å²) in [6.07, 6.45) is 3.08. The molecule has 4 aromatic rings. The van der Waals surface area contributed by atoms with Crippen LogP contribution in [-0.2, 0) is 16.1 Å². The van der Waals surface area contributed by atoms with E-state index in [1.807, 2.05) is 54.6 Å². The van der Waals surface area contributed by atoms with Crippen molar-refractivity contribution < 1.29 is 14.3 Å². The molecular weight excluding hydrogens is 460 g/mol. The number of carbonyl (C=O) groups is 2. The molecule has 0 aliphatic heterocycles. The van der Waals surface area contributed by atoms with Gasteiger partial charge < -0.3 is 10.1 Å². The van der Waals surface area contributed by atoms with E-state index in [4.69, 9.17) is 16.3 Å². The van der Waals surface area contributed by atoms with Gasteiger partial charge in [-0.25, -0.2) is 14.5 Å². The van der Waals surface area contributed by atoms with Crippen molar-refractivity contribution in [2.45, 2.75) is 16.3 Å². The molecule has 0 aliphatic carbocycles. The molecule has 3 aromatic carbocycles. The van der Waals surface area contributed by atoms with Crippen molar-refractivity contribution in [2.75, 3.05) is 11.9 Å². The van der Waals surface area contributed by atoms with Crippen molar-refractivity contribution in [3.8, 4) is 0 Å². The summed E-state index contributed by atoms with van der Waals surface area (Å²) >= 11 is 7.44. The lowest BCUT2D eigenvalue weighted by Crippen LogP contribution is -2.21. The number of esters is 1. The van der Waals surface area contributed by atoms with Gasteiger partial charge in [-0.05, 0) is 54.1 Å². The SMILES string of the molecule is O=C(COC(=O)c1ccc(Cn2cncn2)cc1)Nc1ccccc1Sc1ccc(Cl)cc1. The number of para-hydroxylation sites is 1. The van der Waals surface area contributed by atoms with Crippen molar-refractivity contribution in [1.29, 1.82) is 0 Å². The van der Waals surface area contributed by atoms with E-state index < -0.39 is 11.9 Å². The first kappa shape index (κ1) is 22.6. The summed E-state index contributed by atoms with van der Waals surface area (Å²) in [5.74, 6) is -0.989. The molecule has 9 heteroatoms. The fourth-order valence-corrected chi connectivity index (χ4v) is 3.96. The molecule has 0 atom stereocenters. The van der Waals surface area contributed by atoms with E-state index in [2.05, 4.69) is 15.4 Å². The molecule has 0 spiro atoms. The fraction of sp³-hybridized carbons (Fsp3) is 0.0833. The van der Waals surface area contributed by atoms with Gasteiger partial charge in [0.25, 0.3) is 5.91 Å². The van der Waals surface area contributed by atoms with Crippen LogP contribution < -0.4 is 5.32 Å². The summed E-state index contributed by atoms with van der Waals surface area (Å²) in [7, 11) is 0. The van der Waals surface area contributed by atoms with Gasteiger partial charge in [-0.1, -0.05) is 47.6 Å². The van der Waals surface area contributed by atoms with E-state index in [0.29, 0.717) is 22.8 Å². The third-order valence-electron chi connectivity index (χ3n) is 4.54. The molecule has 0 aliphatic rings. The van der Waals surface area contributed by atoms with E-state index in [0.717, 1.165) is 15.4 Å². The number of ether oxygens (including phenoxy) is 1. The second-order valence-corrected chi connectivity index (χ2v) is 8.52. The van der Waals surface area contributed by atoms with Gasteiger partial charge in [0.05, 0.1) is 17.8 Å². The first-order chi connectivity index (χ1) is 16.1. The summed E-state index contributed by atoms with van der Waals surface area (Å²) in [6.45, 7) is 0.157. The minimum atomic E-state index is -0.568. The molecule has 166 valence electrons. The minimum absolute atomic E-state index is 0.365. The topological polar surface area (TPSA) is 86.1 Å². The number of amides is 1. The predicted octanol–water partition coefficient (Wildman–Crippen LogP) is 4.93. The maximum Gasteiger partial charge on any atom is 0.338 e. The Morgan fingerprint density at radius 2 is 1.76 bits per heavy atom. The highest BCUT2D eigenvalue weighted by Gasteiger charge is 2.12. The van der Waals surface area contributed by atoms with Crippen molar-refractivity contribution in [3.63, 3.8) is 0 Å². The van der Waals surface area contributed by atoms with Crippen LogP contribution in [0.1, 0.15) is 15.9 Å². The zero-order valence-corrected chi connectivity index (χ0v) is 18.9. The average molecular weight is 479 g/mol. The van der Waals surface area contributed by atoms with Crippen LogP contribution in [-0.4, -0.2) is 33.2 Å². The third-order valence-corrected chi connectivity index (χ3v) is 5.87. The number of aromatic nitrogens is 3. The molecule has 1 heterocycles. The Morgan fingerprint density at radius 1 is 1.00 bits per heavy atom. The van der Waals surface area contributed by atoms with Crippen LogP contribution in [0.15, 0.2) is 95.2 Å². The largest absolute Gasteiger partial charge is 0.452 e. The minimum Gasteiger partial charge on any atom is -0.452 e. The predicted molar refractivity (Wildman–Crippen MR) is 126 cm³/mol. The molecule has 1 amide bonds. The molecule has 1 N–H and O–H groups in total. The van der Waals surface area contributed by atoms with Gasteiger partial charge in [0.1, 0.15) is 12.7 Å². The number of nitrogens with zero attached hydrogens (tertiary/aromatic N) is 3. The van der Waals surface area contributed by atoms with Crippen molar-refractivity contribution in [3.05, 3.63) is 102 Å². The van der Waals surface area contributed by atoms with Gasteiger partial charge in [-0.2, -0.15) is 5.10 Å². The summed E-state index contributed by atoms with van der Waals surface area (Å²) in [5.41, 5.74) is 1.96. The van der Waals surface area contributed by atoms with Crippen LogP contribution in [0.4, 0.5) is 5.69 Å². The molecular formula is C24H19ClN4O3S. The molecule has 33 heavy (non-hydrogen) atoms. The van der Waals surface area contributed by atoms with Gasteiger partial charge in [0.2, 0.25) is 0 Å². The van der Waals surface area contributed by atoms with E-state index in [1.165, 1.54) is 18.1 Å². The average Bonchev–Trinajstić information content (AvgIpc) is 3.34. The van der Waals surface area contributed by atoms with Gasteiger partial charge >= 0.3 is 5.97 Å². The van der Waals surface area contributed by atoms with E-state index in [9.17, 15) is 9.59 Å². The van der Waals surface area contributed by atoms with Gasteiger partial charge in [0, 0.05) is 14.8 Å². The fourth-order valence-electron chi connectivity index (χ4n) is 2.94. The van der Waals surface area contributed by atoms with E-state index in [1.54, 1.807) is 29.2 Å². The van der Waals surface area contributed by atoms with Crippen LogP contribution in [0.5, 0.6) is 0 Å². The molecule has 0 saturated carbocycles. The highest BCUT2D eigenvalue weighted by atomic mass is 35.5. The van der Waals surface area contributed by atoms with Crippen molar-refractivity contribution in [2.24, 2.45) is 0 Å². The number of nitrogens with one attached hydrogen (secondary N) is 1. The number of halogens is 1. The van der Waals surface area contributed by atoms with Crippen LogP contribution in [0.3, 0.4) is 0 Å². The Kier molecular flexibility index (Phi) is 7.39. The Bertz CT molecular complexity index is 1230. The highest BCUT2D eigenvalue weighted by Crippen LogP contribution is 2.33. The van der Waals surface area contributed by atoms with Crippen molar-refractivity contribution in [1.82, 2.24) is 14.8 Å². The third kappa shape index (κ3) is 6.44. The van der Waals surface area contributed by atoms with Gasteiger partial charge in [-0.3, -0.25) is 4.79 Å². The number of benzene rings is 3. The summed E-state index contributed by atoms with van der Waals surface area (Å²) in [4.78, 5) is 30.5. The summed E-state index contributed by atoms with van der Waals surface area (Å²) in [5, 5.41) is 7.51. The molecule has 0 saturated heterocycles. The zero-order valence-electron chi connectivity index (χ0n) is 17.3. The summed E-state index contributed by atoms with van der Waals surface area (Å²) in [6, 6.07) is 21.8. The summed E-state index contributed by atoms with van der Waals surface area (Å²) < 4.78 is 6.86. The first-order valence-corrected chi connectivity index (χ1v) is 11.2. The molecule has 7 nitrogen and oxygen atoms in total. The number of rotatable bonds is 8. The van der Waals surface area contributed by atoms with Crippen LogP contribution in [0, 0.1) is 0 Å². The van der Waals surface area contributed by atoms with E-state index >= 15 is 0 Å². The zero-order chi connectivity index (χ0) is 23.0. The van der Waals surface area contributed by atoms with Gasteiger partial charge in [-0.15, -0.1) is 0 Å². The lowest BCUT2D eigenvalue weighted by molar-refractivity contribution is -0.119. The standard InChI is InChI=1S/C24H19ClN4O3S/c25-19-9-11-20(12-10-19)33-22-4-2-1-3-21(22)28-23(30)14-32-24(31)18-7-5-17(6-8-18)13-29-16-26-15-27-29/h1-12,15-16H,13-14H2,(H,28,30). The molecule has 0 bridgehead atoms. The molecule has 0 unspecified atom stereocenters. The number of hydrogen-bond donors (Lipinski definition) is 1. The lowest BCUT2D eigenvalue weighted by atomic mass is 10.1. The Morgan fingerprint density at radius 3 is 2.48 bits per heavy atom. The van der Waals surface area contributed by atoms with Crippen molar-refractivity contribution >= 4 is 40.9 Å². The van der Waals surface area contributed by atoms with Gasteiger partial charge in [0.15, 0.2) is 6.61 Å². The second kappa shape index (κ2) is 10.8. The second-order valence-electron chi connectivity index (χ2n) is 6.97. The highest BCUT2D eigenvalue weighted by molar-refractivity contribution is 7.99. The Hall–Kier alpha value is -3.62. The lowest BCUT2D eigenvalue weighted by Gasteiger charge is -2.11. The smallest absolute Gasteiger partial charge is 0.338 e. The monoisotopic (exact) mass is 478 g/mol. The maximum absolute atomic E-state index is 12.4. The molecule has 1 aromatic heterocycles. The first-order valence-electron chi connectivity index (χ1n) is 9.97. The number of carbonyl (C=O) groups excluding carboxylic acids is 2. The number of hydrogen-bond acceptors (Lipinski definition) is 6. The maximum atomic E-state index is 12.4. The Balaban J connectivity index is 1.31. The quantitative estimate of drug-likeness (QED) is 0.361. The molecule has 0 fully saturated rings. The van der Waals surface area contributed by atoms with E-state index in [-0.39, 0.29) is 6.61 Å². The normalized spacial score (nSPS) is 10.6. The van der Waals surface area contributed by atoms with Crippen LogP contribution >= 0.6 is 23.4 Å². The Labute approximate surface area is 199 Å². The molecule has 0 radical (unpaired) electrons. The van der Waals surface area contributed by atoms with Crippen LogP contribution in [0.2, 0.25) is 5.02 Å². The van der Waals surface area contributed by atoms with Crippen LogP contribution in [0.25, 0.3) is 0 Å². The molecule has 4 rings (SSSR count). The number of anilines is 1.